The molecule has 0 amide bonds. The van der Waals surface area contributed by atoms with Gasteiger partial charge in [-0.2, -0.15) is 4.98 Å². The van der Waals surface area contributed by atoms with E-state index in [-0.39, 0.29) is 0 Å². The molecule has 0 fully saturated rings. The monoisotopic (exact) mass is 407 g/mol. The summed E-state index contributed by atoms with van der Waals surface area (Å²) in [4.78, 5) is 17.8. The Morgan fingerprint density at radius 1 is 1.04 bits per heavy atom. The largest absolute Gasteiger partial charge is 0.477 e. The highest BCUT2D eigenvalue weighted by Crippen LogP contribution is 2.40. The summed E-state index contributed by atoms with van der Waals surface area (Å²) in [7, 11) is 0. The van der Waals surface area contributed by atoms with Crippen LogP contribution in [0.25, 0.3) is 21.6 Å². The van der Waals surface area contributed by atoms with Crippen molar-refractivity contribution in [1.29, 1.82) is 0 Å². The molecule has 0 radical (unpaired) electrons. The number of nitrogens with zero attached hydrogens (tertiary/aromatic N) is 3. The molecule has 142 valence electrons. The van der Waals surface area contributed by atoms with E-state index < -0.39 is 0 Å². The molecule has 1 aliphatic rings. The second kappa shape index (κ2) is 7.97. The standard InChI is InChI=1S/C22H21N3OS2/c1-2-8-18-17(7-1)19-21(26-13-3-5-16-6-4-14-27-16)24-20(25-22(19)28-18)15-9-11-23-12-10-15/h4,6,9-12,14H,1-3,5,7-8,13H2. The first-order chi connectivity index (χ1) is 13.9. The number of hydrogen-bond donors (Lipinski definition) is 0. The Balaban J connectivity index is 1.48. The van der Waals surface area contributed by atoms with Gasteiger partial charge in [0.1, 0.15) is 4.83 Å². The predicted molar refractivity (Wildman–Crippen MR) is 115 cm³/mol. The van der Waals surface area contributed by atoms with Crippen LogP contribution in [0.5, 0.6) is 5.88 Å². The lowest BCUT2D eigenvalue weighted by atomic mass is 9.97. The van der Waals surface area contributed by atoms with Gasteiger partial charge in [0.25, 0.3) is 0 Å². The van der Waals surface area contributed by atoms with E-state index >= 15 is 0 Å². The molecule has 4 aromatic rings. The van der Waals surface area contributed by atoms with Crippen molar-refractivity contribution in [3.05, 3.63) is 57.4 Å². The van der Waals surface area contributed by atoms with Crippen molar-refractivity contribution in [2.45, 2.75) is 38.5 Å². The van der Waals surface area contributed by atoms with Crippen LogP contribution in [-0.4, -0.2) is 21.6 Å². The minimum Gasteiger partial charge on any atom is -0.477 e. The zero-order chi connectivity index (χ0) is 18.8. The van der Waals surface area contributed by atoms with E-state index in [4.69, 9.17) is 14.7 Å². The fraction of sp³-hybridized carbons (Fsp3) is 0.318. The number of hydrogen-bond acceptors (Lipinski definition) is 6. The molecule has 0 saturated heterocycles. The maximum absolute atomic E-state index is 6.25. The summed E-state index contributed by atoms with van der Waals surface area (Å²) in [6.45, 7) is 0.671. The van der Waals surface area contributed by atoms with Gasteiger partial charge in [-0.05, 0) is 67.7 Å². The van der Waals surface area contributed by atoms with Crippen LogP contribution >= 0.6 is 22.7 Å². The number of aromatic nitrogens is 3. The molecule has 0 aromatic carbocycles. The van der Waals surface area contributed by atoms with Crippen molar-refractivity contribution in [3.63, 3.8) is 0 Å². The van der Waals surface area contributed by atoms with Gasteiger partial charge >= 0.3 is 0 Å². The van der Waals surface area contributed by atoms with E-state index in [1.807, 2.05) is 23.5 Å². The molecule has 0 saturated carbocycles. The average molecular weight is 408 g/mol. The fourth-order valence-corrected chi connectivity index (χ4v) is 5.73. The van der Waals surface area contributed by atoms with Crippen LogP contribution in [0, 0.1) is 0 Å². The van der Waals surface area contributed by atoms with Gasteiger partial charge in [-0.25, -0.2) is 4.98 Å². The highest BCUT2D eigenvalue weighted by Gasteiger charge is 2.22. The molecule has 1 aliphatic carbocycles. The summed E-state index contributed by atoms with van der Waals surface area (Å²) >= 11 is 3.62. The summed E-state index contributed by atoms with van der Waals surface area (Å²) in [5, 5.41) is 3.27. The number of pyridine rings is 1. The Morgan fingerprint density at radius 3 is 2.79 bits per heavy atom. The van der Waals surface area contributed by atoms with Gasteiger partial charge in [0, 0.05) is 27.7 Å². The van der Waals surface area contributed by atoms with Crippen molar-refractivity contribution < 1.29 is 4.74 Å². The van der Waals surface area contributed by atoms with E-state index in [9.17, 15) is 0 Å². The van der Waals surface area contributed by atoms with E-state index in [0.717, 1.165) is 53.2 Å². The normalized spacial score (nSPS) is 13.6. The van der Waals surface area contributed by atoms with E-state index in [1.165, 1.54) is 28.2 Å². The van der Waals surface area contributed by atoms with Crippen molar-refractivity contribution in [2.24, 2.45) is 0 Å². The Morgan fingerprint density at radius 2 is 1.93 bits per heavy atom. The molecular weight excluding hydrogens is 386 g/mol. The second-order valence-corrected chi connectivity index (χ2v) is 9.13. The summed E-state index contributed by atoms with van der Waals surface area (Å²) < 4.78 is 6.25. The van der Waals surface area contributed by atoms with Crippen LogP contribution in [-0.2, 0) is 19.3 Å². The number of thiophene rings is 2. The Bertz CT molecular complexity index is 1070. The molecule has 4 nitrogen and oxygen atoms in total. The SMILES string of the molecule is c1csc(CCCOc2nc(-c3ccncc3)nc3sc4c(c23)CCCC4)c1. The zero-order valence-electron chi connectivity index (χ0n) is 15.6. The van der Waals surface area contributed by atoms with E-state index in [0.29, 0.717) is 6.61 Å². The minimum absolute atomic E-state index is 0.671. The molecular formula is C22H21N3OS2. The molecule has 0 aliphatic heterocycles. The summed E-state index contributed by atoms with van der Waals surface area (Å²) in [5.74, 6) is 1.48. The topological polar surface area (TPSA) is 47.9 Å². The highest BCUT2D eigenvalue weighted by atomic mass is 32.1. The van der Waals surface area contributed by atoms with Gasteiger partial charge in [-0.1, -0.05) is 6.07 Å². The van der Waals surface area contributed by atoms with Crippen LogP contribution in [0.2, 0.25) is 0 Å². The fourth-order valence-electron chi connectivity index (χ4n) is 3.73. The first-order valence-corrected chi connectivity index (χ1v) is 11.5. The Labute approximate surface area is 172 Å². The van der Waals surface area contributed by atoms with Crippen molar-refractivity contribution in [1.82, 2.24) is 15.0 Å². The molecule has 0 unspecified atom stereocenters. The number of ether oxygens (including phenoxy) is 1. The van der Waals surface area contributed by atoms with Gasteiger partial charge in [0.05, 0.1) is 12.0 Å². The summed E-state index contributed by atoms with van der Waals surface area (Å²) in [6, 6.07) is 8.20. The van der Waals surface area contributed by atoms with Gasteiger partial charge in [-0.3, -0.25) is 4.98 Å². The Kier molecular flexibility index (Phi) is 5.06. The van der Waals surface area contributed by atoms with Crippen molar-refractivity contribution in [2.75, 3.05) is 6.61 Å². The highest BCUT2D eigenvalue weighted by molar-refractivity contribution is 7.18. The minimum atomic E-state index is 0.671. The molecule has 0 bridgehead atoms. The molecule has 4 heterocycles. The summed E-state index contributed by atoms with van der Waals surface area (Å²) in [5.41, 5.74) is 2.40. The van der Waals surface area contributed by atoms with Crippen LogP contribution in [0.1, 0.15) is 34.6 Å². The quantitative estimate of drug-likeness (QED) is 0.384. The Hall–Kier alpha value is -2.31. The van der Waals surface area contributed by atoms with Crippen LogP contribution < -0.4 is 4.74 Å². The van der Waals surface area contributed by atoms with E-state index in [1.54, 1.807) is 23.7 Å². The third-order valence-corrected chi connectivity index (χ3v) is 7.23. The van der Waals surface area contributed by atoms with Crippen molar-refractivity contribution >= 4 is 32.9 Å². The van der Waals surface area contributed by atoms with Crippen LogP contribution in [0.15, 0.2) is 42.0 Å². The molecule has 5 rings (SSSR count). The lowest BCUT2D eigenvalue weighted by Gasteiger charge is -2.13. The smallest absolute Gasteiger partial charge is 0.226 e. The predicted octanol–water partition coefficient (Wildman–Crippen LogP) is 5.71. The number of rotatable bonds is 6. The van der Waals surface area contributed by atoms with E-state index in [2.05, 4.69) is 22.5 Å². The van der Waals surface area contributed by atoms with Gasteiger partial charge in [0.2, 0.25) is 5.88 Å². The summed E-state index contributed by atoms with van der Waals surface area (Å²) in [6.07, 6.45) is 10.4. The molecule has 0 spiro atoms. The average Bonchev–Trinajstić information content (AvgIpc) is 3.39. The maximum Gasteiger partial charge on any atom is 0.226 e. The first-order valence-electron chi connectivity index (χ1n) is 9.76. The molecule has 4 aromatic heterocycles. The van der Waals surface area contributed by atoms with Gasteiger partial charge in [-0.15, -0.1) is 22.7 Å². The van der Waals surface area contributed by atoms with Crippen molar-refractivity contribution in [3.8, 4) is 17.3 Å². The molecule has 0 N–H and O–H groups in total. The van der Waals surface area contributed by atoms with Gasteiger partial charge < -0.3 is 4.74 Å². The number of fused-ring (bicyclic) bond motifs is 3. The van der Waals surface area contributed by atoms with Crippen LogP contribution in [0.4, 0.5) is 0 Å². The second-order valence-electron chi connectivity index (χ2n) is 7.01. The first kappa shape index (κ1) is 17.8. The third kappa shape index (κ3) is 3.54. The molecule has 6 heteroatoms. The molecule has 0 atom stereocenters. The zero-order valence-corrected chi connectivity index (χ0v) is 17.2. The maximum atomic E-state index is 6.25. The number of aryl methyl sites for hydroxylation is 3. The van der Waals surface area contributed by atoms with Gasteiger partial charge in [0.15, 0.2) is 5.82 Å². The van der Waals surface area contributed by atoms with Crippen LogP contribution in [0.3, 0.4) is 0 Å². The lowest BCUT2D eigenvalue weighted by molar-refractivity contribution is 0.303. The molecule has 28 heavy (non-hydrogen) atoms. The lowest BCUT2D eigenvalue weighted by Crippen LogP contribution is -2.04. The third-order valence-electron chi connectivity index (χ3n) is 5.11.